The lowest BCUT2D eigenvalue weighted by Gasteiger charge is -2.19. The largest absolute Gasteiger partial charge is 0.491 e. The summed E-state index contributed by atoms with van der Waals surface area (Å²) in [5.41, 5.74) is 3.45. The molecule has 2 unspecified atom stereocenters. The zero-order chi connectivity index (χ0) is 47.9. The van der Waals surface area contributed by atoms with Crippen LogP contribution in [0.15, 0.2) is 118 Å². The Hall–Kier alpha value is -6.72. The van der Waals surface area contributed by atoms with Gasteiger partial charge in [-0.15, -0.1) is 23.2 Å². The molecule has 66 heavy (non-hydrogen) atoms. The average Bonchev–Trinajstić information content (AvgIpc) is 3.26. The number of methoxy groups -OCH3 is 2. The van der Waals surface area contributed by atoms with Gasteiger partial charge in [-0.05, 0) is 111 Å². The molecule has 16 nitrogen and oxygen atoms in total. The van der Waals surface area contributed by atoms with E-state index in [4.69, 9.17) is 55.9 Å². The predicted molar refractivity (Wildman–Crippen MR) is 255 cm³/mol. The Morgan fingerprint density at radius 1 is 0.545 bits per heavy atom. The first kappa shape index (κ1) is 50.3. The van der Waals surface area contributed by atoms with E-state index in [-0.39, 0.29) is 55.4 Å². The maximum Gasteiger partial charge on any atom is 0.258 e. The second-order valence-corrected chi connectivity index (χ2v) is 15.9. The summed E-state index contributed by atoms with van der Waals surface area (Å²) in [4.78, 5) is 78.7. The van der Waals surface area contributed by atoms with E-state index in [9.17, 15) is 28.8 Å². The van der Waals surface area contributed by atoms with E-state index in [0.29, 0.717) is 36.0 Å². The van der Waals surface area contributed by atoms with Crippen LogP contribution in [-0.4, -0.2) is 73.3 Å². The molecule has 0 fully saturated rings. The van der Waals surface area contributed by atoms with Crippen molar-refractivity contribution in [2.45, 2.75) is 38.8 Å². The molecule has 5 aromatic rings. The number of azo groups is 2. The molecular weight excluding hydrogens is 934 g/mol. The Bertz CT molecular complexity index is 2530. The van der Waals surface area contributed by atoms with E-state index in [2.05, 4.69) is 41.7 Å². The van der Waals surface area contributed by atoms with Crippen LogP contribution in [0, 0.1) is 0 Å². The number of ketones is 2. The second kappa shape index (κ2) is 24.0. The van der Waals surface area contributed by atoms with Crippen molar-refractivity contribution in [2.24, 2.45) is 20.5 Å². The van der Waals surface area contributed by atoms with E-state index in [0.717, 1.165) is 25.0 Å². The number of alkyl halides is 2. The Labute approximate surface area is 399 Å². The van der Waals surface area contributed by atoms with Crippen LogP contribution in [0.25, 0.3) is 0 Å². The molecule has 0 spiro atoms. The highest BCUT2D eigenvalue weighted by atomic mass is 35.5. The summed E-state index contributed by atoms with van der Waals surface area (Å²) in [6.07, 6.45) is 1.23. The van der Waals surface area contributed by atoms with Gasteiger partial charge < -0.3 is 30.7 Å². The van der Waals surface area contributed by atoms with Crippen LogP contribution in [0.5, 0.6) is 11.5 Å². The van der Waals surface area contributed by atoms with Crippen molar-refractivity contribution in [1.82, 2.24) is 0 Å². The number of halogens is 4. The molecule has 20 heteroatoms. The minimum atomic E-state index is -1.66. The van der Waals surface area contributed by atoms with E-state index in [1.165, 1.54) is 62.8 Å². The SMILES string of the molecule is COc1c(NC(=O)C(N=Nc2cc(Cl)cc(C(=O)Nc3cccc(CCCl)c3)c2)C(C)=O)ccc(NC(=O)C(N=Nc2cc(Cl)cc(C(=O)Nc3cccc(CCCl)c3)c2)C(C)=O)c1OC. The van der Waals surface area contributed by atoms with Crippen LogP contribution in [0.4, 0.5) is 34.1 Å². The molecule has 0 aliphatic rings. The fourth-order valence-electron chi connectivity index (χ4n) is 6.21. The van der Waals surface area contributed by atoms with Crippen LogP contribution in [0.2, 0.25) is 10.0 Å². The van der Waals surface area contributed by atoms with Gasteiger partial charge in [-0.3, -0.25) is 28.8 Å². The fraction of sp³-hybridized carbons (Fsp3) is 0.217. The third kappa shape index (κ3) is 13.9. The van der Waals surface area contributed by atoms with Gasteiger partial charge >= 0.3 is 0 Å². The third-order valence-electron chi connectivity index (χ3n) is 9.31. The summed E-state index contributed by atoms with van der Waals surface area (Å²) >= 11 is 24.3. The number of carbonyl (C=O) groups is 6. The molecule has 2 atom stereocenters. The van der Waals surface area contributed by atoms with E-state index < -0.39 is 47.3 Å². The van der Waals surface area contributed by atoms with E-state index >= 15 is 0 Å². The van der Waals surface area contributed by atoms with Crippen molar-refractivity contribution in [2.75, 3.05) is 47.2 Å². The van der Waals surface area contributed by atoms with Crippen molar-refractivity contribution in [1.29, 1.82) is 0 Å². The lowest BCUT2D eigenvalue weighted by atomic mass is 10.1. The molecule has 4 amide bonds. The number of amides is 4. The van der Waals surface area contributed by atoms with Crippen molar-refractivity contribution >= 4 is 116 Å². The number of nitrogens with zero attached hydrogens (tertiary/aromatic N) is 4. The summed E-state index contributed by atoms with van der Waals surface area (Å²) in [6, 6.07) is 22.2. The van der Waals surface area contributed by atoms with Crippen LogP contribution in [0.1, 0.15) is 45.7 Å². The van der Waals surface area contributed by atoms with Crippen molar-refractivity contribution in [3.63, 3.8) is 0 Å². The van der Waals surface area contributed by atoms with E-state index in [1.54, 1.807) is 36.4 Å². The highest BCUT2D eigenvalue weighted by Crippen LogP contribution is 2.42. The zero-order valence-electron chi connectivity index (χ0n) is 35.8. The monoisotopic (exact) mass is 974 g/mol. The van der Waals surface area contributed by atoms with Crippen LogP contribution < -0.4 is 30.7 Å². The first-order valence-corrected chi connectivity index (χ1v) is 21.7. The minimum Gasteiger partial charge on any atom is -0.491 e. The molecule has 0 heterocycles. The number of hydrogen-bond acceptors (Lipinski definition) is 12. The number of rotatable bonds is 20. The Morgan fingerprint density at radius 3 is 1.29 bits per heavy atom. The molecule has 0 bridgehead atoms. The van der Waals surface area contributed by atoms with Gasteiger partial charge in [0.25, 0.3) is 23.6 Å². The van der Waals surface area contributed by atoms with Crippen LogP contribution >= 0.6 is 46.4 Å². The predicted octanol–water partition coefficient (Wildman–Crippen LogP) is 10.4. The van der Waals surface area contributed by atoms with Gasteiger partial charge in [-0.2, -0.15) is 20.5 Å². The lowest BCUT2D eigenvalue weighted by molar-refractivity contribution is -0.127. The van der Waals surface area contributed by atoms with Crippen LogP contribution in [-0.2, 0) is 32.0 Å². The number of benzene rings is 5. The normalized spacial score (nSPS) is 12.0. The summed E-state index contributed by atoms with van der Waals surface area (Å²) in [5, 5.41) is 27.1. The van der Waals surface area contributed by atoms with Crippen LogP contribution in [0.3, 0.4) is 0 Å². The first-order valence-electron chi connectivity index (χ1n) is 19.9. The molecule has 5 rings (SSSR count). The summed E-state index contributed by atoms with van der Waals surface area (Å²) in [5.74, 6) is -3.45. The van der Waals surface area contributed by atoms with Gasteiger partial charge in [-0.25, -0.2) is 0 Å². The molecule has 4 N–H and O–H groups in total. The molecule has 0 radical (unpaired) electrons. The van der Waals surface area contributed by atoms with Gasteiger partial charge in [0.15, 0.2) is 23.1 Å². The molecule has 0 aliphatic carbocycles. The maximum absolute atomic E-state index is 13.5. The van der Waals surface area contributed by atoms with Gasteiger partial charge in [0, 0.05) is 44.3 Å². The lowest BCUT2D eigenvalue weighted by Crippen LogP contribution is -2.32. The maximum atomic E-state index is 13.5. The van der Waals surface area contributed by atoms with Gasteiger partial charge in [0.1, 0.15) is 0 Å². The second-order valence-electron chi connectivity index (χ2n) is 14.2. The number of Topliss-reactive ketones (excluding diaryl/α,β-unsaturated/α-hetero) is 2. The minimum absolute atomic E-state index is 0.0159. The van der Waals surface area contributed by atoms with Crippen molar-refractivity contribution < 1.29 is 38.2 Å². The molecular formula is C46H42Cl4N8O8. The van der Waals surface area contributed by atoms with Crippen molar-refractivity contribution in [3.05, 3.63) is 129 Å². The third-order valence-corrected chi connectivity index (χ3v) is 10.1. The quantitative estimate of drug-likeness (QED) is 0.0333. The molecule has 0 aromatic heterocycles. The number of anilines is 4. The summed E-state index contributed by atoms with van der Waals surface area (Å²) in [7, 11) is 2.55. The standard InChI is InChI=1S/C46H42Cl4N8O8/c1-25(59)39(57-55-35-21-29(19-31(49)23-35)43(61)51-33-9-5-7-27(17-33)13-15-47)45(63)53-37-11-12-38(42(66-4)41(37)65-3)54-46(64)40(26(2)60)58-56-36-22-30(20-32(50)24-36)44(62)52-34-10-6-8-28(18-34)14-16-48/h5-12,17-24,39-40H,13-16H2,1-4H3,(H,51,61)(H,52,62)(H,53,63)(H,54,64). The topological polar surface area (TPSA) is 218 Å². The zero-order valence-corrected chi connectivity index (χ0v) is 38.8. The Morgan fingerprint density at radius 2 is 0.939 bits per heavy atom. The highest BCUT2D eigenvalue weighted by Gasteiger charge is 2.28. The summed E-state index contributed by atoms with van der Waals surface area (Å²) in [6.45, 7) is 2.29. The molecule has 0 saturated carbocycles. The Balaban J connectivity index is 1.29. The smallest absolute Gasteiger partial charge is 0.258 e. The number of hydrogen-bond donors (Lipinski definition) is 4. The van der Waals surface area contributed by atoms with Gasteiger partial charge in [0.2, 0.25) is 12.1 Å². The van der Waals surface area contributed by atoms with Gasteiger partial charge in [0.05, 0.1) is 37.0 Å². The number of ether oxygens (including phenoxy) is 2. The molecule has 0 saturated heterocycles. The first-order chi connectivity index (χ1) is 31.6. The van der Waals surface area contributed by atoms with Gasteiger partial charge in [-0.1, -0.05) is 47.5 Å². The fourth-order valence-corrected chi connectivity index (χ4v) is 7.11. The number of carbonyl (C=O) groups excluding carboxylic acids is 6. The molecule has 5 aromatic carbocycles. The van der Waals surface area contributed by atoms with E-state index in [1.807, 2.05) is 12.1 Å². The Kier molecular flexibility index (Phi) is 18.3. The van der Waals surface area contributed by atoms with Crippen molar-refractivity contribution in [3.8, 4) is 11.5 Å². The average molecular weight is 977 g/mol. The summed E-state index contributed by atoms with van der Waals surface area (Å²) < 4.78 is 11.1. The molecule has 342 valence electrons. The highest BCUT2D eigenvalue weighted by molar-refractivity contribution is 6.31. The number of aryl methyl sites for hydroxylation is 2. The molecule has 0 aliphatic heterocycles. The number of nitrogens with one attached hydrogen (secondary N) is 4.